The maximum atomic E-state index is 13.3. The molecular formula is C14H18FNO. The Morgan fingerprint density at radius 2 is 2.24 bits per heavy atom. The van der Waals surface area contributed by atoms with E-state index in [1.165, 1.54) is 11.6 Å². The van der Waals surface area contributed by atoms with Gasteiger partial charge in [-0.15, -0.1) is 0 Å². The summed E-state index contributed by atoms with van der Waals surface area (Å²) >= 11 is 0. The highest BCUT2D eigenvalue weighted by Gasteiger charge is 2.37. The van der Waals surface area contributed by atoms with Gasteiger partial charge in [0.25, 0.3) is 0 Å². The number of fused-ring (bicyclic) bond motifs is 1. The Hall–Kier alpha value is -1.38. The minimum atomic E-state index is -0.219. The van der Waals surface area contributed by atoms with Crippen molar-refractivity contribution in [1.82, 2.24) is 5.32 Å². The van der Waals surface area contributed by atoms with Gasteiger partial charge < -0.3 is 5.32 Å². The van der Waals surface area contributed by atoms with Crippen LogP contribution < -0.4 is 5.32 Å². The Morgan fingerprint density at radius 3 is 2.88 bits per heavy atom. The number of carbonyl (C=O) groups is 1. The third-order valence-corrected chi connectivity index (χ3v) is 3.65. The molecule has 0 aromatic heterocycles. The first-order chi connectivity index (χ1) is 7.94. The molecule has 1 unspecified atom stereocenters. The number of rotatable bonds is 2. The van der Waals surface area contributed by atoms with E-state index < -0.39 is 0 Å². The fourth-order valence-corrected chi connectivity index (χ4v) is 2.83. The molecule has 0 spiro atoms. The van der Waals surface area contributed by atoms with Crippen molar-refractivity contribution in [3.05, 3.63) is 35.1 Å². The largest absolute Gasteiger partial charge is 0.359 e. The summed E-state index contributed by atoms with van der Waals surface area (Å²) in [7, 11) is 1.63. The molecule has 17 heavy (non-hydrogen) atoms. The SMILES string of the molecule is CNC(=O)CC1CC(C)(C)c2ccc(F)cc21. The Labute approximate surface area is 101 Å². The van der Waals surface area contributed by atoms with E-state index in [0.717, 1.165) is 12.0 Å². The summed E-state index contributed by atoms with van der Waals surface area (Å²) in [4.78, 5) is 11.5. The quantitative estimate of drug-likeness (QED) is 0.839. The van der Waals surface area contributed by atoms with Gasteiger partial charge in [0, 0.05) is 13.5 Å². The summed E-state index contributed by atoms with van der Waals surface area (Å²) in [5, 5.41) is 2.63. The summed E-state index contributed by atoms with van der Waals surface area (Å²) in [6.45, 7) is 4.29. The highest BCUT2D eigenvalue weighted by Crippen LogP contribution is 2.47. The summed E-state index contributed by atoms with van der Waals surface area (Å²) in [5.74, 6) is -0.0677. The highest BCUT2D eigenvalue weighted by molar-refractivity contribution is 5.77. The lowest BCUT2D eigenvalue weighted by atomic mass is 9.86. The molecule has 1 amide bonds. The molecule has 0 saturated heterocycles. The van der Waals surface area contributed by atoms with E-state index >= 15 is 0 Å². The van der Waals surface area contributed by atoms with E-state index in [-0.39, 0.29) is 23.1 Å². The van der Waals surface area contributed by atoms with Crippen LogP contribution in [0.3, 0.4) is 0 Å². The highest BCUT2D eigenvalue weighted by atomic mass is 19.1. The number of hydrogen-bond acceptors (Lipinski definition) is 1. The molecule has 3 heteroatoms. The van der Waals surface area contributed by atoms with Gasteiger partial charge in [0.15, 0.2) is 0 Å². The third kappa shape index (κ3) is 2.19. The zero-order valence-electron chi connectivity index (χ0n) is 10.5. The van der Waals surface area contributed by atoms with Gasteiger partial charge in [-0.1, -0.05) is 19.9 Å². The van der Waals surface area contributed by atoms with Crippen molar-refractivity contribution in [3.63, 3.8) is 0 Å². The molecule has 0 bridgehead atoms. The second kappa shape index (κ2) is 4.13. The minimum Gasteiger partial charge on any atom is -0.359 e. The van der Waals surface area contributed by atoms with Crippen LogP contribution in [0.15, 0.2) is 18.2 Å². The fourth-order valence-electron chi connectivity index (χ4n) is 2.83. The van der Waals surface area contributed by atoms with Crippen molar-refractivity contribution in [2.75, 3.05) is 7.05 Å². The maximum absolute atomic E-state index is 13.3. The minimum absolute atomic E-state index is 0.0166. The van der Waals surface area contributed by atoms with Crippen LogP contribution in [0.4, 0.5) is 4.39 Å². The molecule has 1 aromatic rings. The van der Waals surface area contributed by atoms with E-state index in [1.807, 2.05) is 6.07 Å². The number of halogens is 1. The maximum Gasteiger partial charge on any atom is 0.220 e. The first-order valence-corrected chi connectivity index (χ1v) is 5.94. The normalized spacial score (nSPS) is 21.1. The summed E-state index contributed by atoms with van der Waals surface area (Å²) < 4.78 is 13.3. The number of carbonyl (C=O) groups excluding carboxylic acids is 1. The van der Waals surface area contributed by atoms with Crippen molar-refractivity contribution in [3.8, 4) is 0 Å². The van der Waals surface area contributed by atoms with Gasteiger partial charge in [-0.05, 0) is 41.0 Å². The summed E-state index contributed by atoms with van der Waals surface area (Å²) in [6, 6.07) is 4.94. The monoisotopic (exact) mass is 235 g/mol. The third-order valence-electron chi connectivity index (χ3n) is 3.65. The topological polar surface area (TPSA) is 29.1 Å². The van der Waals surface area contributed by atoms with Crippen molar-refractivity contribution >= 4 is 5.91 Å². The first-order valence-electron chi connectivity index (χ1n) is 5.94. The molecular weight excluding hydrogens is 217 g/mol. The molecule has 0 radical (unpaired) electrons. The van der Waals surface area contributed by atoms with E-state index in [4.69, 9.17) is 0 Å². The lowest BCUT2D eigenvalue weighted by molar-refractivity contribution is -0.121. The van der Waals surface area contributed by atoms with Gasteiger partial charge in [0.2, 0.25) is 5.91 Å². The van der Waals surface area contributed by atoms with E-state index in [0.29, 0.717) is 6.42 Å². The zero-order chi connectivity index (χ0) is 12.6. The van der Waals surface area contributed by atoms with Gasteiger partial charge >= 0.3 is 0 Å². The van der Waals surface area contributed by atoms with Crippen LogP contribution >= 0.6 is 0 Å². The Balaban J connectivity index is 2.35. The Morgan fingerprint density at radius 1 is 1.53 bits per heavy atom. The molecule has 92 valence electrons. The van der Waals surface area contributed by atoms with Crippen LogP contribution in [0.25, 0.3) is 0 Å². The molecule has 0 aliphatic heterocycles. The van der Waals surface area contributed by atoms with Crippen LogP contribution in [0.2, 0.25) is 0 Å². The fraction of sp³-hybridized carbons (Fsp3) is 0.500. The van der Waals surface area contributed by atoms with Crippen LogP contribution in [-0.2, 0) is 10.2 Å². The van der Waals surface area contributed by atoms with Crippen molar-refractivity contribution in [1.29, 1.82) is 0 Å². The van der Waals surface area contributed by atoms with Gasteiger partial charge in [0.1, 0.15) is 5.82 Å². The summed E-state index contributed by atoms with van der Waals surface area (Å²) in [6.07, 6.45) is 1.34. The average Bonchev–Trinajstić information content (AvgIpc) is 2.50. The van der Waals surface area contributed by atoms with Gasteiger partial charge in [-0.3, -0.25) is 4.79 Å². The molecule has 1 N–H and O–H groups in total. The molecule has 2 nitrogen and oxygen atoms in total. The molecule has 2 rings (SSSR count). The molecule has 0 fully saturated rings. The molecule has 1 aromatic carbocycles. The van der Waals surface area contributed by atoms with Crippen LogP contribution in [-0.4, -0.2) is 13.0 Å². The second-order valence-electron chi connectivity index (χ2n) is 5.39. The second-order valence-corrected chi connectivity index (χ2v) is 5.39. The molecule has 1 atom stereocenters. The van der Waals surface area contributed by atoms with E-state index in [9.17, 15) is 9.18 Å². The van der Waals surface area contributed by atoms with Crippen LogP contribution in [0.5, 0.6) is 0 Å². The lowest BCUT2D eigenvalue weighted by Gasteiger charge is -2.19. The lowest BCUT2D eigenvalue weighted by Crippen LogP contribution is -2.20. The van der Waals surface area contributed by atoms with Gasteiger partial charge in [0.05, 0.1) is 0 Å². The van der Waals surface area contributed by atoms with E-state index in [2.05, 4.69) is 19.2 Å². The predicted molar refractivity (Wildman–Crippen MR) is 65.5 cm³/mol. The number of nitrogens with one attached hydrogen (secondary N) is 1. The number of benzene rings is 1. The zero-order valence-corrected chi connectivity index (χ0v) is 10.5. The Bertz CT molecular complexity index is 454. The first kappa shape index (κ1) is 12.1. The molecule has 0 heterocycles. The smallest absolute Gasteiger partial charge is 0.220 e. The standard InChI is InChI=1S/C14H18FNO/c1-14(2)8-9(6-13(17)16-3)11-7-10(15)4-5-12(11)14/h4-5,7,9H,6,8H2,1-3H3,(H,16,17). The molecule has 1 aliphatic carbocycles. The number of hydrogen-bond donors (Lipinski definition) is 1. The van der Waals surface area contributed by atoms with Crippen LogP contribution in [0, 0.1) is 5.82 Å². The van der Waals surface area contributed by atoms with Crippen LogP contribution in [0.1, 0.15) is 43.7 Å². The van der Waals surface area contributed by atoms with Gasteiger partial charge in [-0.25, -0.2) is 4.39 Å². The van der Waals surface area contributed by atoms with Crippen molar-refractivity contribution in [2.45, 2.75) is 38.0 Å². The molecule has 0 saturated carbocycles. The molecule has 1 aliphatic rings. The van der Waals surface area contributed by atoms with Crippen molar-refractivity contribution < 1.29 is 9.18 Å². The van der Waals surface area contributed by atoms with Gasteiger partial charge in [-0.2, -0.15) is 0 Å². The summed E-state index contributed by atoms with van der Waals surface area (Å²) in [5.41, 5.74) is 2.20. The van der Waals surface area contributed by atoms with E-state index in [1.54, 1.807) is 13.1 Å². The Kier molecular flexibility index (Phi) is 2.94. The average molecular weight is 235 g/mol. The number of amides is 1. The van der Waals surface area contributed by atoms with Crippen molar-refractivity contribution in [2.24, 2.45) is 0 Å². The predicted octanol–water partition coefficient (Wildman–Crippen LogP) is 2.73.